The number of aromatic nitrogens is 2. The molecule has 0 aliphatic heterocycles. The van der Waals surface area contributed by atoms with E-state index in [0.29, 0.717) is 6.42 Å². The van der Waals surface area contributed by atoms with Gasteiger partial charge in [-0.15, -0.1) is 0 Å². The summed E-state index contributed by atoms with van der Waals surface area (Å²) in [5.74, 6) is 1.00. The standard InChI is InChI=1S/C29H30N4O/c1-29(2)18-23-26(24(34)19-29)28(32-22-11-7-4-8-12-22)27(33-23)21-14-16-31-25(17-21)30-15-13-20-9-5-3-6-10-20/h3-12,14,16-17,32-33H,13,15,18-19H2,1-2H3,(H,30,31). The number of benzene rings is 2. The highest BCUT2D eigenvalue weighted by molar-refractivity contribution is 6.07. The van der Waals surface area contributed by atoms with Gasteiger partial charge in [0.25, 0.3) is 0 Å². The Bertz CT molecular complexity index is 1290. The summed E-state index contributed by atoms with van der Waals surface area (Å²) < 4.78 is 0. The molecule has 5 nitrogen and oxygen atoms in total. The number of para-hydroxylation sites is 1. The van der Waals surface area contributed by atoms with Gasteiger partial charge in [0, 0.05) is 36.1 Å². The lowest BCUT2D eigenvalue weighted by molar-refractivity contribution is 0.0912. The van der Waals surface area contributed by atoms with Crippen molar-refractivity contribution in [3.05, 3.63) is 95.8 Å². The maximum Gasteiger partial charge on any atom is 0.167 e. The Labute approximate surface area is 200 Å². The maximum absolute atomic E-state index is 13.2. The molecule has 1 aliphatic carbocycles. The summed E-state index contributed by atoms with van der Waals surface area (Å²) in [5.41, 5.74) is 6.75. The molecule has 0 spiro atoms. The van der Waals surface area contributed by atoms with Crippen LogP contribution < -0.4 is 10.6 Å². The summed E-state index contributed by atoms with van der Waals surface area (Å²) in [5, 5.41) is 6.97. The van der Waals surface area contributed by atoms with Crippen LogP contribution in [-0.4, -0.2) is 22.3 Å². The van der Waals surface area contributed by atoms with E-state index in [2.05, 4.69) is 58.7 Å². The molecular formula is C29H30N4O. The molecule has 34 heavy (non-hydrogen) atoms. The Kier molecular flexibility index (Phi) is 5.93. The summed E-state index contributed by atoms with van der Waals surface area (Å²) in [6, 6.07) is 24.5. The van der Waals surface area contributed by atoms with Crippen LogP contribution in [0, 0.1) is 5.41 Å². The molecule has 0 amide bonds. The van der Waals surface area contributed by atoms with Gasteiger partial charge in [0.2, 0.25) is 0 Å². The largest absolute Gasteiger partial charge is 0.370 e. The van der Waals surface area contributed by atoms with Crippen LogP contribution in [0.4, 0.5) is 17.2 Å². The van der Waals surface area contributed by atoms with Crippen LogP contribution >= 0.6 is 0 Å². The summed E-state index contributed by atoms with van der Waals surface area (Å²) in [7, 11) is 0. The second kappa shape index (κ2) is 9.18. The van der Waals surface area contributed by atoms with Gasteiger partial charge in [-0.25, -0.2) is 4.98 Å². The molecule has 3 N–H and O–H groups in total. The third kappa shape index (κ3) is 4.74. The first-order valence-corrected chi connectivity index (χ1v) is 11.8. The fraction of sp³-hybridized carbons (Fsp3) is 0.241. The molecular weight excluding hydrogens is 420 g/mol. The first kappa shape index (κ1) is 22.0. The number of nitrogens with one attached hydrogen (secondary N) is 3. The molecule has 2 heterocycles. The van der Waals surface area contributed by atoms with Crippen LogP contribution in [0.25, 0.3) is 11.3 Å². The summed E-state index contributed by atoms with van der Waals surface area (Å²) in [6.07, 6.45) is 4.13. The van der Waals surface area contributed by atoms with Gasteiger partial charge >= 0.3 is 0 Å². The highest BCUT2D eigenvalue weighted by atomic mass is 16.1. The van der Waals surface area contributed by atoms with Crippen molar-refractivity contribution in [1.29, 1.82) is 0 Å². The van der Waals surface area contributed by atoms with Crippen molar-refractivity contribution in [2.75, 3.05) is 17.2 Å². The first-order valence-electron chi connectivity index (χ1n) is 11.8. The van der Waals surface area contributed by atoms with Crippen LogP contribution in [0.5, 0.6) is 0 Å². The molecule has 0 bridgehead atoms. The van der Waals surface area contributed by atoms with E-state index in [-0.39, 0.29) is 11.2 Å². The van der Waals surface area contributed by atoms with Crippen molar-refractivity contribution in [3.8, 4) is 11.3 Å². The molecule has 0 saturated heterocycles. The minimum atomic E-state index is -0.0569. The predicted octanol–water partition coefficient (Wildman–Crippen LogP) is 6.63. The lowest BCUT2D eigenvalue weighted by Gasteiger charge is -2.28. The maximum atomic E-state index is 13.2. The molecule has 0 atom stereocenters. The van der Waals surface area contributed by atoms with Gasteiger partial charge in [-0.1, -0.05) is 62.4 Å². The van der Waals surface area contributed by atoms with Crippen LogP contribution in [0.2, 0.25) is 0 Å². The van der Waals surface area contributed by atoms with Crippen LogP contribution in [0.15, 0.2) is 79.0 Å². The van der Waals surface area contributed by atoms with Gasteiger partial charge in [0.1, 0.15) is 5.82 Å². The monoisotopic (exact) mass is 450 g/mol. The number of Topliss-reactive ketones (excluding diaryl/α,β-unsaturated/α-hetero) is 1. The van der Waals surface area contributed by atoms with Crippen molar-refractivity contribution in [1.82, 2.24) is 9.97 Å². The van der Waals surface area contributed by atoms with Crippen LogP contribution in [0.3, 0.4) is 0 Å². The number of hydrogen-bond donors (Lipinski definition) is 3. The van der Waals surface area contributed by atoms with E-state index in [1.807, 2.05) is 54.7 Å². The fourth-order valence-electron chi connectivity index (χ4n) is 4.73. The molecule has 5 rings (SSSR count). The smallest absolute Gasteiger partial charge is 0.167 e. The minimum Gasteiger partial charge on any atom is -0.370 e. The number of anilines is 3. The highest BCUT2D eigenvalue weighted by Crippen LogP contribution is 2.43. The van der Waals surface area contributed by atoms with Gasteiger partial charge in [-0.2, -0.15) is 0 Å². The first-order chi connectivity index (χ1) is 16.5. The molecule has 4 aromatic rings. The third-order valence-electron chi connectivity index (χ3n) is 6.31. The van der Waals surface area contributed by atoms with Crippen molar-refractivity contribution in [3.63, 3.8) is 0 Å². The van der Waals surface area contributed by atoms with Gasteiger partial charge < -0.3 is 15.6 Å². The van der Waals surface area contributed by atoms with Crippen molar-refractivity contribution >= 4 is 23.0 Å². The Morgan fingerprint density at radius 2 is 1.71 bits per heavy atom. The molecule has 0 saturated carbocycles. The Morgan fingerprint density at radius 3 is 2.47 bits per heavy atom. The zero-order chi connectivity index (χ0) is 23.5. The Hall–Kier alpha value is -3.86. The number of fused-ring (bicyclic) bond motifs is 1. The summed E-state index contributed by atoms with van der Waals surface area (Å²) in [6.45, 7) is 5.10. The topological polar surface area (TPSA) is 69.8 Å². The number of hydrogen-bond acceptors (Lipinski definition) is 4. The van der Waals surface area contributed by atoms with Gasteiger partial charge in [0.05, 0.1) is 16.9 Å². The number of pyridine rings is 1. The van der Waals surface area contributed by atoms with Crippen LogP contribution in [0.1, 0.15) is 41.9 Å². The van der Waals surface area contributed by atoms with Crippen LogP contribution in [-0.2, 0) is 12.8 Å². The molecule has 5 heteroatoms. The minimum absolute atomic E-state index is 0.0569. The normalized spacial score (nSPS) is 14.5. The number of H-pyrrole nitrogens is 1. The van der Waals surface area contributed by atoms with Gasteiger partial charge in [0.15, 0.2) is 5.78 Å². The second-order valence-corrected chi connectivity index (χ2v) is 9.75. The van der Waals surface area contributed by atoms with E-state index < -0.39 is 0 Å². The zero-order valence-electron chi connectivity index (χ0n) is 19.7. The van der Waals surface area contributed by atoms with E-state index >= 15 is 0 Å². The molecule has 2 aromatic heterocycles. The Morgan fingerprint density at radius 1 is 0.971 bits per heavy atom. The lowest BCUT2D eigenvalue weighted by Crippen LogP contribution is -2.26. The van der Waals surface area contributed by atoms with E-state index in [4.69, 9.17) is 0 Å². The quantitative estimate of drug-likeness (QED) is 0.296. The molecule has 0 unspecified atom stereocenters. The average Bonchev–Trinajstić information content (AvgIpc) is 3.18. The van der Waals surface area contributed by atoms with Gasteiger partial charge in [-0.05, 0) is 48.1 Å². The number of rotatable bonds is 7. The molecule has 0 radical (unpaired) electrons. The van der Waals surface area contributed by atoms with Crippen molar-refractivity contribution in [2.45, 2.75) is 33.1 Å². The number of carbonyl (C=O) groups is 1. The fourth-order valence-corrected chi connectivity index (χ4v) is 4.73. The molecule has 172 valence electrons. The molecule has 2 aromatic carbocycles. The van der Waals surface area contributed by atoms with E-state index in [9.17, 15) is 4.79 Å². The SMILES string of the molecule is CC1(C)CC(=O)c2c([nH]c(-c3ccnc(NCCc4ccccc4)c3)c2Nc2ccccc2)C1. The predicted molar refractivity (Wildman–Crippen MR) is 139 cm³/mol. The molecule has 1 aliphatic rings. The molecule has 0 fully saturated rings. The van der Waals surface area contributed by atoms with E-state index in [1.54, 1.807) is 0 Å². The average molecular weight is 451 g/mol. The lowest BCUT2D eigenvalue weighted by atomic mass is 9.76. The number of aromatic amines is 1. The zero-order valence-corrected chi connectivity index (χ0v) is 19.7. The Balaban J connectivity index is 1.47. The van der Waals surface area contributed by atoms with Gasteiger partial charge in [-0.3, -0.25) is 4.79 Å². The number of nitrogens with zero attached hydrogens (tertiary/aromatic N) is 1. The second-order valence-electron chi connectivity index (χ2n) is 9.75. The van der Waals surface area contributed by atoms with E-state index in [1.165, 1.54) is 5.56 Å². The summed E-state index contributed by atoms with van der Waals surface area (Å²) >= 11 is 0. The number of ketones is 1. The van der Waals surface area contributed by atoms with Crippen molar-refractivity contribution in [2.24, 2.45) is 5.41 Å². The number of carbonyl (C=O) groups excluding carboxylic acids is 1. The highest BCUT2D eigenvalue weighted by Gasteiger charge is 2.35. The third-order valence-corrected chi connectivity index (χ3v) is 6.31. The van der Waals surface area contributed by atoms with E-state index in [0.717, 1.165) is 59.1 Å². The summed E-state index contributed by atoms with van der Waals surface area (Å²) in [4.78, 5) is 21.3. The van der Waals surface area contributed by atoms with Crippen molar-refractivity contribution < 1.29 is 4.79 Å².